The van der Waals surface area contributed by atoms with Crippen LogP contribution in [0.3, 0.4) is 0 Å². The lowest BCUT2D eigenvalue weighted by molar-refractivity contribution is -0.445. The van der Waals surface area contributed by atoms with Gasteiger partial charge in [-0.1, -0.05) is 6.07 Å². The first-order valence-corrected chi connectivity index (χ1v) is 8.07. The zero-order valence-corrected chi connectivity index (χ0v) is 15.8. The summed E-state index contributed by atoms with van der Waals surface area (Å²) in [5.74, 6) is -61.7. The quantitative estimate of drug-likeness (QED) is 0.287. The number of pyridine rings is 1. The maximum Gasteiger partial charge on any atom is 0.393 e. The van der Waals surface area contributed by atoms with Crippen molar-refractivity contribution in [3.63, 3.8) is 0 Å². The molecule has 0 radical (unpaired) electrons. The van der Waals surface area contributed by atoms with Crippen molar-refractivity contribution in [3.05, 3.63) is 24.4 Å². The van der Waals surface area contributed by atoms with Gasteiger partial charge < -0.3 is 5.32 Å². The number of hydrogen-bond acceptors (Lipinski definition) is 2. The van der Waals surface area contributed by atoms with Gasteiger partial charge in [0.15, 0.2) is 0 Å². The Labute approximate surface area is 181 Å². The predicted octanol–water partition coefficient (Wildman–Crippen LogP) is 6.30. The molecule has 0 aliphatic heterocycles. The average molecular weight is 557 g/mol. The van der Waals surface area contributed by atoms with Crippen molar-refractivity contribution in [3.8, 4) is 0 Å². The number of anilines is 1. The van der Waals surface area contributed by atoms with Gasteiger partial charge in [0, 0.05) is 6.20 Å². The molecule has 0 unspecified atom stereocenters. The Morgan fingerprint density at radius 2 is 1.03 bits per heavy atom. The highest BCUT2D eigenvalue weighted by Gasteiger charge is 2.95. The fourth-order valence-corrected chi connectivity index (χ4v) is 2.06. The largest absolute Gasteiger partial charge is 0.393 e. The fourth-order valence-electron chi connectivity index (χ4n) is 1.94. The van der Waals surface area contributed by atoms with Crippen molar-refractivity contribution in [1.29, 1.82) is 0 Å². The van der Waals surface area contributed by atoms with E-state index in [1.54, 1.807) is 0 Å². The first kappa shape index (κ1) is 29.8. The summed E-state index contributed by atoms with van der Waals surface area (Å²) in [7, 11) is 0. The highest BCUT2D eigenvalue weighted by molar-refractivity contribution is 6.22. The van der Waals surface area contributed by atoms with Crippen LogP contribution < -0.4 is 5.32 Å². The highest BCUT2D eigenvalue weighted by Crippen LogP contribution is 2.64. The van der Waals surface area contributed by atoms with Crippen LogP contribution in [0.2, 0.25) is 0 Å². The molecule has 34 heavy (non-hydrogen) atoms. The number of amides is 1. The third kappa shape index (κ3) is 3.98. The van der Waals surface area contributed by atoms with Crippen molar-refractivity contribution in [2.45, 2.75) is 46.8 Å². The van der Waals surface area contributed by atoms with E-state index < -0.39 is 58.6 Å². The molecule has 20 heteroatoms. The van der Waals surface area contributed by atoms with Crippen molar-refractivity contribution in [2.75, 3.05) is 5.32 Å². The lowest BCUT2D eigenvalue weighted by Crippen LogP contribution is -2.75. The van der Waals surface area contributed by atoms with Crippen molar-refractivity contribution in [2.24, 2.45) is 0 Å². The molecule has 1 aromatic rings. The van der Waals surface area contributed by atoms with E-state index in [0.29, 0.717) is 17.6 Å². The molecule has 1 heterocycles. The molecule has 0 atom stereocenters. The summed E-state index contributed by atoms with van der Waals surface area (Å²) in [5.41, 5.74) is 0. The molecule has 1 amide bonds. The minimum atomic E-state index is -8.63. The molecule has 0 aliphatic rings. The number of nitrogens with zero attached hydrogens (tertiary/aromatic N) is 1. The monoisotopic (exact) mass is 556 g/mol. The number of aromatic nitrogens is 1. The maximum absolute atomic E-state index is 13.7. The zero-order chi connectivity index (χ0) is 27.4. The van der Waals surface area contributed by atoms with Crippen LogP contribution in [-0.4, -0.2) is 57.7 Å². The summed E-state index contributed by atoms with van der Waals surface area (Å²) >= 11 is 3.40. The molecule has 0 fully saturated rings. The lowest BCUT2D eigenvalue weighted by atomic mass is 9.89. The zero-order valence-electron chi connectivity index (χ0n) is 15.1. The van der Waals surface area contributed by atoms with E-state index in [1.807, 2.05) is 0 Å². The first-order chi connectivity index (χ1) is 14.7. The van der Waals surface area contributed by atoms with E-state index >= 15 is 0 Å². The van der Waals surface area contributed by atoms with Crippen LogP contribution in [0.15, 0.2) is 24.4 Å². The smallest absolute Gasteiger partial charge is 0.305 e. The van der Waals surface area contributed by atoms with Crippen LogP contribution in [0.1, 0.15) is 0 Å². The van der Waals surface area contributed by atoms with Crippen molar-refractivity contribution < 1.29 is 75.0 Å². The minimum absolute atomic E-state index is 0.544. The number of carbonyl (C=O) groups is 1. The van der Waals surface area contributed by atoms with Gasteiger partial charge in [-0.3, -0.25) is 4.79 Å². The molecule has 0 spiro atoms. The highest BCUT2D eigenvalue weighted by atomic mass is 35.5. The molecule has 0 aliphatic carbocycles. The van der Waals surface area contributed by atoms with Crippen LogP contribution in [0, 0.1) is 0 Å². The van der Waals surface area contributed by atoms with E-state index in [0.717, 1.165) is 12.1 Å². The molecule has 0 aromatic carbocycles. The van der Waals surface area contributed by atoms with E-state index in [-0.39, 0.29) is 0 Å². The van der Waals surface area contributed by atoms with Crippen molar-refractivity contribution in [1.82, 2.24) is 4.98 Å². The minimum Gasteiger partial charge on any atom is -0.305 e. The van der Waals surface area contributed by atoms with E-state index in [9.17, 15) is 75.0 Å². The normalized spacial score (nSPS) is 15.3. The van der Waals surface area contributed by atoms with Gasteiger partial charge in [-0.05, 0) is 23.7 Å². The van der Waals surface area contributed by atoms with Crippen LogP contribution in [0.5, 0.6) is 0 Å². The summed E-state index contributed by atoms with van der Waals surface area (Å²) in [6.45, 7) is 0. The van der Waals surface area contributed by atoms with Gasteiger partial charge in [0.2, 0.25) is 0 Å². The van der Waals surface area contributed by atoms with Gasteiger partial charge in [-0.25, -0.2) is 4.98 Å². The third-order valence-electron chi connectivity index (χ3n) is 3.91. The number of rotatable bonds is 9. The van der Waals surface area contributed by atoms with E-state index in [2.05, 4.69) is 16.6 Å². The second-order valence-corrected chi connectivity index (χ2v) is 6.66. The van der Waals surface area contributed by atoms with Gasteiger partial charge in [-0.2, -0.15) is 70.2 Å². The molecule has 1 N–H and O–H groups in total. The Morgan fingerprint density at radius 3 is 1.38 bits per heavy atom. The fraction of sp³-hybridized carbons (Fsp3) is 0.571. The summed E-state index contributed by atoms with van der Waals surface area (Å²) < 4.78 is 213. The van der Waals surface area contributed by atoms with Crippen LogP contribution in [-0.2, 0) is 4.79 Å². The molecule has 0 saturated carbocycles. The summed E-state index contributed by atoms with van der Waals surface area (Å²) in [6.07, 6.45) is 0.685. The summed E-state index contributed by atoms with van der Waals surface area (Å²) in [4.78, 5) is 14.3. The van der Waals surface area contributed by atoms with Gasteiger partial charge in [0.25, 0.3) is 0 Å². The molecule has 1 rings (SSSR count). The SMILES string of the molecule is O=C(Nc1ccccn1)C(F)(F)C(F)(F)C(F)(F)C(F)(F)C(F)(F)C(F)(F)C(F)(F)C(F)(F)Cl. The topological polar surface area (TPSA) is 42.0 Å². The summed E-state index contributed by atoms with van der Waals surface area (Å²) in [6, 6.07) is 2.44. The second kappa shape index (κ2) is 8.18. The maximum atomic E-state index is 13.7. The Bertz CT molecular complexity index is 899. The molecule has 0 saturated heterocycles. The van der Waals surface area contributed by atoms with E-state index in [4.69, 9.17) is 0 Å². The van der Waals surface area contributed by atoms with Crippen LogP contribution in [0.25, 0.3) is 0 Å². The van der Waals surface area contributed by atoms with Gasteiger partial charge in [0.05, 0.1) is 0 Å². The average Bonchev–Trinajstić information content (AvgIpc) is 2.66. The van der Waals surface area contributed by atoms with Gasteiger partial charge in [0.1, 0.15) is 5.82 Å². The number of nitrogens with one attached hydrogen (secondary N) is 1. The summed E-state index contributed by atoms with van der Waals surface area (Å²) in [5, 5.41) is -6.17. The molecular weight excluding hydrogens is 552 g/mol. The van der Waals surface area contributed by atoms with Crippen LogP contribution >= 0.6 is 11.6 Å². The number of hydrogen-bond donors (Lipinski definition) is 1. The Balaban J connectivity index is 3.57. The molecule has 1 aromatic heterocycles. The number of carbonyl (C=O) groups excluding carboxylic acids is 1. The third-order valence-corrected chi connectivity index (χ3v) is 4.15. The van der Waals surface area contributed by atoms with Crippen LogP contribution in [0.4, 0.5) is 76.1 Å². The van der Waals surface area contributed by atoms with Gasteiger partial charge >= 0.3 is 52.7 Å². The molecule has 196 valence electrons. The predicted molar refractivity (Wildman–Crippen MR) is 78.3 cm³/mol. The van der Waals surface area contributed by atoms with Gasteiger partial charge in [-0.15, -0.1) is 0 Å². The standard InChI is InChI=1S/C14H5ClF16N2O/c15-14(30,31)13(28,29)12(26,27)11(24,25)10(22,23)9(20,21)8(18,19)7(16,17)6(34)33-5-3-1-2-4-32-5/h1-4H,(H,32,33,34). The lowest BCUT2D eigenvalue weighted by Gasteiger charge is -2.42. The number of halogens is 17. The molecule has 3 nitrogen and oxygen atoms in total. The number of alkyl halides is 17. The molecular formula is C14H5ClF16N2O. The Morgan fingerprint density at radius 1 is 0.647 bits per heavy atom. The first-order valence-electron chi connectivity index (χ1n) is 7.69. The second-order valence-electron chi connectivity index (χ2n) is 6.19. The molecule has 0 bridgehead atoms. The Kier molecular flexibility index (Phi) is 7.18. The van der Waals surface area contributed by atoms with Crippen molar-refractivity contribution >= 4 is 23.3 Å². The Hall–Kier alpha value is -2.21. The van der Waals surface area contributed by atoms with E-state index in [1.165, 1.54) is 0 Å².